The zero-order valence-corrected chi connectivity index (χ0v) is 15.9. The first-order valence-corrected chi connectivity index (χ1v) is 9.87. The maximum Gasteiger partial charge on any atom is 0.275 e. The van der Waals surface area contributed by atoms with Crippen LogP contribution in [0, 0.1) is 0 Å². The molecule has 27 heavy (non-hydrogen) atoms. The van der Waals surface area contributed by atoms with Gasteiger partial charge in [0.1, 0.15) is 0 Å². The van der Waals surface area contributed by atoms with Crippen molar-refractivity contribution in [2.45, 2.75) is 32.2 Å². The maximum atomic E-state index is 12.8. The molecule has 1 atom stereocenters. The highest BCUT2D eigenvalue weighted by Crippen LogP contribution is 2.19. The van der Waals surface area contributed by atoms with Gasteiger partial charge < -0.3 is 9.80 Å². The second kappa shape index (κ2) is 7.68. The quantitative estimate of drug-likeness (QED) is 0.894. The van der Waals surface area contributed by atoms with Crippen molar-refractivity contribution in [2.75, 3.05) is 39.3 Å². The number of carbonyl (C=O) groups excluding carboxylic acids is 2. The molecule has 1 aromatic carbocycles. The lowest BCUT2D eigenvalue weighted by atomic mass is 10.0. The van der Waals surface area contributed by atoms with Gasteiger partial charge in [-0.2, -0.15) is 5.10 Å². The Hall–Kier alpha value is -2.41. The van der Waals surface area contributed by atoms with Gasteiger partial charge >= 0.3 is 0 Å². The molecule has 144 valence electrons. The molecule has 0 radical (unpaired) electrons. The Labute approximate surface area is 159 Å². The van der Waals surface area contributed by atoms with E-state index in [1.165, 1.54) is 6.42 Å². The summed E-state index contributed by atoms with van der Waals surface area (Å²) in [4.78, 5) is 31.5. The minimum absolute atomic E-state index is 0.0388. The van der Waals surface area contributed by atoms with E-state index >= 15 is 0 Å². The molecule has 2 amide bonds. The Kier molecular flexibility index (Phi) is 5.11. The number of piperazine rings is 1. The highest BCUT2D eigenvalue weighted by atomic mass is 16.2. The normalized spacial score (nSPS) is 21.6. The summed E-state index contributed by atoms with van der Waals surface area (Å²) in [5.41, 5.74) is 1.36. The highest BCUT2D eigenvalue weighted by Gasteiger charge is 2.28. The van der Waals surface area contributed by atoms with E-state index in [1.54, 1.807) is 0 Å². The molecule has 0 saturated carbocycles. The fourth-order valence-electron chi connectivity index (χ4n) is 4.14. The Balaban J connectivity index is 1.33. The minimum atomic E-state index is -0.0388. The fraction of sp³-hybridized carbons (Fsp3) is 0.550. The summed E-state index contributed by atoms with van der Waals surface area (Å²) in [5.74, 6) is 0.184. The van der Waals surface area contributed by atoms with Gasteiger partial charge in [0.05, 0.1) is 12.1 Å². The predicted molar refractivity (Wildman–Crippen MR) is 103 cm³/mol. The molecule has 2 aromatic rings. The van der Waals surface area contributed by atoms with Gasteiger partial charge in [-0.3, -0.25) is 19.6 Å². The summed E-state index contributed by atoms with van der Waals surface area (Å²) in [7, 11) is 0. The average Bonchev–Trinajstić information content (AvgIpc) is 3.12. The summed E-state index contributed by atoms with van der Waals surface area (Å²) in [6, 6.07) is 8.03. The van der Waals surface area contributed by atoms with Crippen LogP contribution in [0.3, 0.4) is 0 Å². The van der Waals surface area contributed by atoms with E-state index in [9.17, 15) is 9.59 Å². The smallest absolute Gasteiger partial charge is 0.275 e. The number of nitrogens with one attached hydrogen (secondary N) is 1. The van der Waals surface area contributed by atoms with Crippen molar-refractivity contribution in [3.05, 3.63) is 30.0 Å². The number of rotatable bonds is 3. The van der Waals surface area contributed by atoms with Gasteiger partial charge in [0.25, 0.3) is 5.91 Å². The van der Waals surface area contributed by atoms with Crippen molar-refractivity contribution in [3.63, 3.8) is 0 Å². The molecule has 1 aromatic heterocycles. The van der Waals surface area contributed by atoms with Crippen LogP contribution in [-0.4, -0.2) is 82.0 Å². The summed E-state index contributed by atoms with van der Waals surface area (Å²) < 4.78 is 0. The van der Waals surface area contributed by atoms with Gasteiger partial charge in [-0.25, -0.2) is 0 Å². The summed E-state index contributed by atoms with van der Waals surface area (Å²) in [6.45, 7) is 6.18. The zero-order valence-electron chi connectivity index (χ0n) is 15.9. The number of hydrogen-bond donors (Lipinski definition) is 1. The van der Waals surface area contributed by atoms with Crippen molar-refractivity contribution in [1.29, 1.82) is 0 Å². The SMILES string of the molecule is CC1CCCCN1C(=O)CN1CCN(C(=O)c2n[nH]c3ccccc23)CC1. The molecule has 2 aliphatic rings. The molecule has 2 aliphatic heterocycles. The van der Waals surface area contributed by atoms with Gasteiger partial charge in [-0.1, -0.05) is 18.2 Å². The Morgan fingerprint density at radius 1 is 1.11 bits per heavy atom. The largest absolute Gasteiger partial charge is 0.339 e. The van der Waals surface area contributed by atoms with Crippen molar-refractivity contribution in [1.82, 2.24) is 24.9 Å². The Morgan fingerprint density at radius 3 is 2.67 bits per heavy atom. The zero-order chi connectivity index (χ0) is 18.8. The molecule has 2 fully saturated rings. The highest BCUT2D eigenvalue weighted by molar-refractivity contribution is 6.04. The molecular weight excluding hydrogens is 342 g/mol. The van der Waals surface area contributed by atoms with Gasteiger partial charge in [0, 0.05) is 44.2 Å². The van der Waals surface area contributed by atoms with Gasteiger partial charge in [-0.05, 0) is 32.3 Å². The Bertz CT molecular complexity index is 825. The van der Waals surface area contributed by atoms with Crippen LogP contribution in [0.15, 0.2) is 24.3 Å². The third-order valence-corrected chi connectivity index (χ3v) is 5.81. The lowest BCUT2D eigenvalue weighted by molar-refractivity contribution is -0.136. The number of piperidine rings is 1. The van der Waals surface area contributed by atoms with Gasteiger partial charge in [-0.15, -0.1) is 0 Å². The minimum Gasteiger partial charge on any atom is -0.339 e. The number of para-hydroxylation sites is 1. The van der Waals surface area contributed by atoms with Crippen LogP contribution in [0.5, 0.6) is 0 Å². The number of fused-ring (bicyclic) bond motifs is 1. The number of H-pyrrole nitrogens is 1. The number of nitrogens with zero attached hydrogens (tertiary/aromatic N) is 4. The van der Waals surface area contributed by atoms with Crippen LogP contribution in [0.1, 0.15) is 36.7 Å². The monoisotopic (exact) mass is 369 g/mol. The molecule has 7 heteroatoms. The van der Waals surface area contributed by atoms with E-state index in [0.29, 0.717) is 31.4 Å². The van der Waals surface area contributed by atoms with E-state index in [-0.39, 0.29) is 11.8 Å². The third-order valence-electron chi connectivity index (χ3n) is 5.81. The third kappa shape index (κ3) is 3.69. The maximum absolute atomic E-state index is 12.8. The first-order chi connectivity index (χ1) is 13.1. The molecule has 4 rings (SSSR count). The number of hydrogen-bond acceptors (Lipinski definition) is 4. The first-order valence-electron chi connectivity index (χ1n) is 9.87. The lowest BCUT2D eigenvalue weighted by Crippen LogP contribution is -2.53. The molecule has 2 saturated heterocycles. The van der Waals surface area contributed by atoms with E-state index in [0.717, 1.165) is 43.4 Å². The number of benzene rings is 1. The van der Waals surface area contributed by atoms with Gasteiger partial charge in [0.2, 0.25) is 5.91 Å². The molecule has 0 spiro atoms. The van der Waals surface area contributed by atoms with Crippen LogP contribution in [-0.2, 0) is 4.79 Å². The number of likely N-dealkylation sites (tertiary alicyclic amines) is 1. The number of carbonyl (C=O) groups is 2. The van der Waals surface area contributed by atoms with Crippen LogP contribution in [0.25, 0.3) is 10.9 Å². The van der Waals surface area contributed by atoms with Gasteiger partial charge in [0.15, 0.2) is 5.69 Å². The molecular formula is C20H27N5O2. The number of aromatic amines is 1. The van der Waals surface area contributed by atoms with Crippen LogP contribution in [0.4, 0.5) is 0 Å². The van der Waals surface area contributed by atoms with Crippen LogP contribution >= 0.6 is 0 Å². The van der Waals surface area contributed by atoms with E-state index in [2.05, 4.69) is 22.0 Å². The average molecular weight is 369 g/mol. The van der Waals surface area contributed by atoms with Crippen molar-refractivity contribution >= 4 is 22.7 Å². The molecule has 0 aliphatic carbocycles. The molecule has 1 N–H and O–H groups in total. The standard InChI is InChI=1S/C20H27N5O2/c1-15-6-4-5-9-25(15)18(26)14-23-10-12-24(13-11-23)20(27)19-16-7-2-3-8-17(16)21-22-19/h2-3,7-8,15H,4-6,9-14H2,1H3,(H,21,22). The second-order valence-electron chi connectivity index (χ2n) is 7.62. The summed E-state index contributed by atoms with van der Waals surface area (Å²) in [5, 5.41) is 8.00. The summed E-state index contributed by atoms with van der Waals surface area (Å²) >= 11 is 0. The number of aromatic nitrogens is 2. The second-order valence-corrected chi connectivity index (χ2v) is 7.62. The first kappa shape index (κ1) is 18.0. The summed E-state index contributed by atoms with van der Waals surface area (Å²) in [6.07, 6.45) is 3.43. The van der Waals surface area contributed by atoms with Crippen molar-refractivity contribution in [3.8, 4) is 0 Å². The Morgan fingerprint density at radius 2 is 1.89 bits per heavy atom. The van der Waals surface area contributed by atoms with E-state index in [1.807, 2.05) is 34.1 Å². The molecule has 1 unspecified atom stereocenters. The molecule has 7 nitrogen and oxygen atoms in total. The predicted octanol–water partition coefficient (Wildman–Crippen LogP) is 1.72. The van der Waals surface area contributed by atoms with Crippen molar-refractivity contribution < 1.29 is 9.59 Å². The van der Waals surface area contributed by atoms with E-state index < -0.39 is 0 Å². The lowest BCUT2D eigenvalue weighted by Gasteiger charge is -2.38. The molecule has 0 bridgehead atoms. The van der Waals surface area contributed by atoms with Crippen molar-refractivity contribution in [2.24, 2.45) is 0 Å². The van der Waals surface area contributed by atoms with E-state index in [4.69, 9.17) is 0 Å². The van der Waals surface area contributed by atoms with Crippen LogP contribution in [0.2, 0.25) is 0 Å². The molecule has 3 heterocycles. The van der Waals surface area contributed by atoms with Crippen LogP contribution < -0.4 is 0 Å². The topological polar surface area (TPSA) is 72.5 Å². The fourth-order valence-corrected chi connectivity index (χ4v) is 4.14. The number of amides is 2.